The number of carbonyl (C=O) groups excluding carboxylic acids is 1. The van der Waals surface area contributed by atoms with Crippen LogP contribution in [0.2, 0.25) is 0 Å². The van der Waals surface area contributed by atoms with Crippen molar-refractivity contribution in [3.8, 4) is 11.1 Å². The summed E-state index contributed by atoms with van der Waals surface area (Å²) < 4.78 is 18.7. The summed E-state index contributed by atoms with van der Waals surface area (Å²) >= 11 is 0. The molecule has 0 spiro atoms. The van der Waals surface area contributed by atoms with Crippen LogP contribution in [0.4, 0.5) is 4.39 Å². The number of aryl methyl sites for hydroxylation is 2. The molecule has 1 fully saturated rings. The number of benzene rings is 1. The molecule has 0 saturated carbocycles. The summed E-state index contributed by atoms with van der Waals surface area (Å²) in [6, 6.07) is 12.1. The lowest BCUT2D eigenvalue weighted by molar-refractivity contribution is 0.0595. The fourth-order valence-electron chi connectivity index (χ4n) is 4.08. The van der Waals surface area contributed by atoms with Crippen LogP contribution in [0.3, 0.4) is 0 Å². The van der Waals surface area contributed by atoms with Crippen LogP contribution in [-0.4, -0.2) is 27.5 Å². The Morgan fingerprint density at radius 3 is 2.73 bits per heavy atom. The normalized spacial score (nSPS) is 16.6. The Labute approximate surface area is 175 Å². The minimum atomic E-state index is -0.260. The fourth-order valence-corrected chi connectivity index (χ4v) is 4.08. The second-order valence-electron chi connectivity index (χ2n) is 7.87. The first-order valence-corrected chi connectivity index (χ1v) is 10.6. The molecular formula is C24H26FN3O2. The molecule has 0 bridgehead atoms. The van der Waals surface area contributed by atoms with Crippen molar-refractivity contribution in [2.75, 3.05) is 6.54 Å². The number of nitrogens with zero attached hydrogens (tertiary/aromatic N) is 3. The van der Waals surface area contributed by atoms with Crippen LogP contribution < -0.4 is 0 Å². The molecule has 1 aliphatic heterocycles. The zero-order valence-electron chi connectivity index (χ0n) is 17.4. The summed E-state index contributed by atoms with van der Waals surface area (Å²) in [5.41, 5.74) is 3.99. The maximum absolute atomic E-state index is 13.3. The Bertz CT molecular complexity index is 1030. The summed E-state index contributed by atoms with van der Waals surface area (Å²) in [6.07, 6.45) is 4.55. The summed E-state index contributed by atoms with van der Waals surface area (Å²) in [7, 11) is 0. The SMILES string of the molecule is CCCc1cc(C(=O)N2CCCC[C@H]2c2cc(-c3ccc(F)cc3)cc(C)n2)no1. The number of likely N-dealkylation sites (tertiary alicyclic amines) is 1. The predicted octanol–water partition coefficient (Wildman–Crippen LogP) is 5.50. The molecule has 3 heterocycles. The van der Waals surface area contributed by atoms with E-state index < -0.39 is 0 Å². The van der Waals surface area contributed by atoms with Crippen molar-refractivity contribution in [1.82, 2.24) is 15.0 Å². The average Bonchev–Trinajstić information content (AvgIpc) is 3.22. The van der Waals surface area contributed by atoms with Crippen molar-refractivity contribution in [2.45, 2.75) is 52.0 Å². The Hall–Kier alpha value is -3.02. The van der Waals surface area contributed by atoms with Crippen molar-refractivity contribution >= 4 is 5.91 Å². The highest BCUT2D eigenvalue weighted by Gasteiger charge is 2.31. The standard InChI is InChI=1S/C24H26FN3O2/c1-3-6-20-15-22(27-30-20)24(29)28-12-5-4-7-23(28)21-14-18(13-16(2)26-21)17-8-10-19(25)11-9-17/h8-11,13-15,23H,3-7,12H2,1-2H3/t23-/m0/s1. The summed E-state index contributed by atoms with van der Waals surface area (Å²) in [5, 5.41) is 4.01. The van der Waals surface area contributed by atoms with Gasteiger partial charge < -0.3 is 9.42 Å². The van der Waals surface area contributed by atoms with Crippen LogP contribution in [-0.2, 0) is 6.42 Å². The molecule has 4 rings (SSSR count). The quantitative estimate of drug-likeness (QED) is 0.560. The van der Waals surface area contributed by atoms with E-state index in [0.29, 0.717) is 12.2 Å². The zero-order chi connectivity index (χ0) is 21.1. The lowest BCUT2D eigenvalue weighted by atomic mass is 9.95. The van der Waals surface area contributed by atoms with E-state index in [1.165, 1.54) is 12.1 Å². The molecule has 2 aromatic heterocycles. The van der Waals surface area contributed by atoms with Crippen molar-refractivity contribution in [1.29, 1.82) is 0 Å². The molecule has 1 aliphatic rings. The monoisotopic (exact) mass is 407 g/mol. The average molecular weight is 407 g/mol. The predicted molar refractivity (Wildman–Crippen MR) is 112 cm³/mol. The fraction of sp³-hybridized carbons (Fsp3) is 0.375. The van der Waals surface area contributed by atoms with Crippen LogP contribution >= 0.6 is 0 Å². The first-order valence-electron chi connectivity index (χ1n) is 10.6. The van der Waals surface area contributed by atoms with Gasteiger partial charge in [0.2, 0.25) is 0 Å². The largest absolute Gasteiger partial charge is 0.361 e. The van der Waals surface area contributed by atoms with Gasteiger partial charge in [-0.05, 0) is 68.0 Å². The third-order valence-electron chi connectivity index (χ3n) is 5.53. The van der Waals surface area contributed by atoms with Gasteiger partial charge in [-0.1, -0.05) is 24.2 Å². The van der Waals surface area contributed by atoms with E-state index in [-0.39, 0.29) is 17.8 Å². The molecule has 3 aromatic rings. The zero-order valence-corrected chi connectivity index (χ0v) is 17.4. The summed E-state index contributed by atoms with van der Waals surface area (Å²) in [4.78, 5) is 19.8. The van der Waals surface area contributed by atoms with Gasteiger partial charge in [0.1, 0.15) is 11.6 Å². The second-order valence-corrected chi connectivity index (χ2v) is 7.87. The first-order chi connectivity index (χ1) is 14.5. The maximum atomic E-state index is 13.3. The number of hydrogen-bond acceptors (Lipinski definition) is 4. The summed E-state index contributed by atoms with van der Waals surface area (Å²) in [6.45, 7) is 4.67. The lowest BCUT2D eigenvalue weighted by Gasteiger charge is -2.35. The van der Waals surface area contributed by atoms with Gasteiger partial charge in [0.15, 0.2) is 5.69 Å². The second kappa shape index (κ2) is 8.78. The van der Waals surface area contributed by atoms with E-state index in [4.69, 9.17) is 9.51 Å². The maximum Gasteiger partial charge on any atom is 0.276 e. The Kier molecular flexibility index (Phi) is 5.93. The Morgan fingerprint density at radius 2 is 1.97 bits per heavy atom. The van der Waals surface area contributed by atoms with Crippen molar-refractivity contribution < 1.29 is 13.7 Å². The summed E-state index contributed by atoms with van der Waals surface area (Å²) in [5.74, 6) is 0.364. The van der Waals surface area contributed by atoms with Crippen LogP contribution in [0.25, 0.3) is 11.1 Å². The van der Waals surface area contributed by atoms with E-state index in [9.17, 15) is 9.18 Å². The first kappa shape index (κ1) is 20.3. The molecule has 0 unspecified atom stereocenters. The van der Waals surface area contributed by atoms with Crippen LogP contribution in [0.5, 0.6) is 0 Å². The number of halogens is 1. The molecule has 30 heavy (non-hydrogen) atoms. The third-order valence-corrected chi connectivity index (χ3v) is 5.53. The van der Waals surface area contributed by atoms with Crippen molar-refractivity contribution in [3.05, 3.63) is 71.1 Å². The van der Waals surface area contributed by atoms with E-state index >= 15 is 0 Å². The number of piperidine rings is 1. The third kappa shape index (κ3) is 4.27. The number of carbonyl (C=O) groups is 1. The molecule has 5 nitrogen and oxygen atoms in total. The van der Waals surface area contributed by atoms with E-state index in [1.54, 1.807) is 18.2 Å². The van der Waals surface area contributed by atoms with Crippen LogP contribution in [0, 0.1) is 12.7 Å². The van der Waals surface area contributed by atoms with Gasteiger partial charge in [0.05, 0.1) is 11.7 Å². The lowest BCUT2D eigenvalue weighted by Crippen LogP contribution is -2.39. The highest BCUT2D eigenvalue weighted by atomic mass is 19.1. The number of pyridine rings is 1. The molecule has 1 aromatic carbocycles. The van der Waals surface area contributed by atoms with Gasteiger partial charge in [-0.2, -0.15) is 0 Å². The molecule has 1 atom stereocenters. The highest BCUT2D eigenvalue weighted by Crippen LogP contribution is 2.33. The molecule has 1 saturated heterocycles. The van der Waals surface area contributed by atoms with Gasteiger partial charge in [-0.25, -0.2) is 4.39 Å². The minimum absolute atomic E-state index is 0.113. The topological polar surface area (TPSA) is 59.2 Å². The minimum Gasteiger partial charge on any atom is -0.361 e. The molecule has 0 N–H and O–H groups in total. The molecular weight excluding hydrogens is 381 g/mol. The molecule has 156 valence electrons. The number of amides is 1. The van der Waals surface area contributed by atoms with Crippen LogP contribution in [0.1, 0.15) is 66.3 Å². The van der Waals surface area contributed by atoms with E-state index in [0.717, 1.165) is 60.4 Å². The van der Waals surface area contributed by atoms with Crippen LogP contribution in [0.15, 0.2) is 47.0 Å². The molecule has 0 aliphatic carbocycles. The number of rotatable bonds is 5. The smallest absolute Gasteiger partial charge is 0.276 e. The van der Waals surface area contributed by atoms with E-state index in [2.05, 4.69) is 12.1 Å². The number of hydrogen-bond donors (Lipinski definition) is 0. The van der Waals surface area contributed by atoms with Crippen molar-refractivity contribution in [3.63, 3.8) is 0 Å². The molecule has 6 heteroatoms. The highest BCUT2D eigenvalue weighted by molar-refractivity contribution is 5.92. The molecule has 1 amide bonds. The van der Waals surface area contributed by atoms with Gasteiger partial charge >= 0.3 is 0 Å². The molecule has 0 radical (unpaired) electrons. The van der Waals surface area contributed by atoms with E-state index in [1.807, 2.05) is 24.0 Å². The van der Waals surface area contributed by atoms with Crippen molar-refractivity contribution in [2.24, 2.45) is 0 Å². The van der Waals surface area contributed by atoms with Gasteiger partial charge in [-0.15, -0.1) is 0 Å². The van der Waals surface area contributed by atoms with Gasteiger partial charge in [0, 0.05) is 24.7 Å². The van der Waals surface area contributed by atoms with Gasteiger partial charge in [-0.3, -0.25) is 9.78 Å². The van der Waals surface area contributed by atoms with Gasteiger partial charge in [0.25, 0.3) is 5.91 Å². The Balaban J connectivity index is 1.65. The number of aromatic nitrogens is 2. The Morgan fingerprint density at radius 1 is 1.17 bits per heavy atom.